The third-order valence-corrected chi connectivity index (χ3v) is 3.36. The number of aromatic amines is 1. The summed E-state index contributed by atoms with van der Waals surface area (Å²) in [5.41, 5.74) is 2.84. The van der Waals surface area contributed by atoms with Crippen molar-refractivity contribution in [3.63, 3.8) is 0 Å². The van der Waals surface area contributed by atoms with Crippen molar-refractivity contribution in [2.24, 2.45) is 0 Å². The van der Waals surface area contributed by atoms with E-state index in [4.69, 9.17) is 0 Å². The van der Waals surface area contributed by atoms with E-state index in [0.29, 0.717) is 5.69 Å². The molecule has 0 saturated carbocycles. The summed E-state index contributed by atoms with van der Waals surface area (Å²) < 4.78 is 0. The molecule has 0 bridgehead atoms. The maximum absolute atomic E-state index is 10.3. The predicted octanol–water partition coefficient (Wildman–Crippen LogP) is 1.35. The number of pyridine rings is 1. The summed E-state index contributed by atoms with van der Waals surface area (Å²) in [7, 11) is 0. The highest BCUT2D eigenvalue weighted by molar-refractivity contribution is 5.28. The lowest BCUT2D eigenvalue weighted by Crippen LogP contribution is -2.18. The molecule has 2 aromatic rings. The van der Waals surface area contributed by atoms with Crippen molar-refractivity contribution >= 4 is 0 Å². The molecule has 88 valence electrons. The number of nitrogens with one attached hydrogen (secondary N) is 1. The van der Waals surface area contributed by atoms with Gasteiger partial charge in [-0.2, -0.15) is 15.4 Å². The van der Waals surface area contributed by atoms with Crippen molar-refractivity contribution in [2.45, 2.75) is 31.3 Å². The van der Waals surface area contributed by atoms with Crippen molar-refractivity contribution < 1.29 is 5.11 Å². The third-order valence-electron chi connectivity index (χ3n) is 3.36. The number of aryl methyl sites for hydroxylation is 1. The van der Waals surface area contributed by atoms with Gasteiger partial charge in [0.25, 0.3) is 0 Å². The van der Waals surface area contributed by atoms with E-state index in [1.165, 1.54) is 5.56 Å². The second-order valence-corrected chi connectivity index (χ2v) is 4.39. The summed E-state index contributed by atoms with van der Waals surface area (Å²) in [5.74, 6) is 0.0325. The number of aliphatic hydroxyl groups excluding tert-OH is 1. The van der Waals surface area contributed by atoms with Gasteiger partial charge in [-0.05, 0) is 30.9 Å². The van der Waals surface area contributed by atoms with Gasteiger partial charge in [-0.1, -0.05) is 6.07 Å². The molecule has 17 heavy (non-hydrogen) atoms. The molecule has 2 aromatic heterocycles. The van der Waals surface area contributed by atoms with Crippen LogP contribution in [0.25, 0.3) is 0 Å². The topological polar surface area (TPSA) is 74.7 Å². The number of nitrogens with zero attached hydrogens (tertiary/aromatic N) is 3. The summed E-state index contributed by atoms with van der Waals surface area (Å²) in [6.45, 7) is 0. The first-order valence-corrected chi connectivity index (χ1v) is 5.84. The number of aliphatic hydroxyl groups is 1. The fraction of sp³-hybridized carbons (Fsp3) is 0.417. The van der Waals surface area contributed by atoms with Gasteiger partial charge in [0, 0.05) is 17.8 Å². The molecule has 2 atom stereocenters. The van der Waals surface area contributed by atoms with Gasteiger partial charge in [-0.15, -0.1) is 0 Å². The molecule has 0 amide bonds. The van der Waals surface area contributed by atoms with E-state index in [1.54, 1.807) is 12.4 Å². The van der Waals surface area contributed by atoms with Crippen molar-refractivity contribution in [1.29, 1.82) is 0 Å². The first-order valence-electron chi connectivity index (χ1n) is 5.84. The van der Waals surface area contributed by atoms with Crippen LogP contribution in [0.2, 0.25) is 0 Å². The van der Waals surface area contributed by atoms with E-state index in [2.05, 4.69) is 26.5 Å². The Morgan fingerprint density at radius 3 is 3.24 bits per heavy atom. The van der Waals surface area contributed by atoms with Crippen LogP contribution in [0, 0.1) is 0 Å². The zero-order valence-corrected chi connectivity index (χ0v) is 9.37. The Bertz CT molecular complexity index is 497. The summed E-state index contributed by atoms with van der Waals surface area (Å²) >= 11 is 0. The van der Waals surface area contributed by atoms with E-state index >= 15 is 0 Å². The highest BCUT2D eigenvalue weighted by Crippen LogP contribution is 2.38. The van der Waals surface area contributed by atoms with E-state index in [-0.39, 0.29) is 5.92 Å². The Morgan fingerprint density at radius 2 is 2.41 bits per heavy atom. The number of fused-ring (bicyclic) bond motifs is 1. The van der Waals surface area contributed by atoms with E-state index < -0.39 is 6.10 Å². The lowest BCUT2D eigenvalue weighted by molar-refractivity contribution is 0.129. The highest BCUT2D eigenvalue weighted by atomic mass is 16.3. The van der Waals surface area contributed by atoms with Gasteiger partial charge in [0.1, 0.15) is 11.8 Å². The van der Waals surface area contributed by atoms with Crippen molar-refractivity contribution in [1.82, 2.24) is 20.4 Å². The Kier molecular flexibility index (Phi) is 2.60. The Morgan fingerprint density at radius 1 is 1.47 bits per heavy atom. The van der Waals surface area contributed by atoms with Crippen LogP contribution in [0.5, 0.6) is 0 Å². The van der Waals surface area contributed by atoms with Crippen LogP contribution in [0.15, 0.2) is 24.5 Å². The van der Waals surface area contributed by atoms with Crippen LogP contribution in [-0.4, -0.2) is 25.5 Å². The molecule has 2 heterocycles. The normalized spacial score (nSPS) is 20.9. The molecule has 5 heteroatoms. The average Bonchev–Trinajstić information content (AvgIpc) is 2.91. The van der Waals surface area contributed by atoms with E-state index in [0.717, 1.165) is 25.0 Å². The molecule has 1 aliphatic carbocycles. The zero-order valence-electron chi connectivity index (χ0n) is 9.37. The fourth-order valence-electron chi connectivity index (χ4n) is 2.51. The van der Waals surface area contributed by atoms with Crippen molar-refractivity contribution in [2.75, 3.05) is 0 Å². The van der Waals surface area contributed by atoms with Crippen LogP contribution >= 0.6 is 0 Å². The van der Waals surface area contributed by atoms with Gasteiger partial charge in [0.2, 0.25) is 0 Å². The Balaban J connectivity index is 1.95. The van der Waals surface area contributed by atoms with Gasteiger partial charge in [-0.3, -0.25) is 4.98 Å². The van der Waals surface area contributed by atoms with Crippen LogP contribution in [-0.2, 0) is 6.42 Å². The maximum Gasteiger partial charge on any atom is 0.112 e. The second kappa shape index (κ2) is 4.25. The third kappa shape index (κ3) is 1.82. The molecular formula is C12H14N4O. The maximum atomic E-state index is 10.3. The Labute approximate surface area is 98.9 Å². The molecule has 0 aliphatic heterocycles. The van der Waals surface area contributed by atoms with Gasteiger partial charge in [0.15, 0.2) is 0 Å². The van der Waals surface area contributed by atoms with Gasteiger partial charge >= 0.3 is 0 Å². The van der Waals surface area contributed by atoms with Crippen LogP contribution < -0.4 is 0 Å². The van der Waals surface area contributed by atoms with Gasteiger partial charge in [-0.25, -0.2) is 0 Å². The molecule has 1 aliphatic rings. The molecule has 2 unspecified atom stereocenters. The molecule has 2 N–H and O–H groups in total. The minimum atomic E-state index is -0.623. The molecular weight excluding hydrogens is 216 g/mol. The zero-order chi connectivity index (χ0) is 11.7. The van der Waals surface area contributed by atoms with Gasteiger partial charge in [0.05, 0.1) is 6.20 Å². The summed E-state index contributed by atoms with van der Waals surface area (Å²) in [6.07, 6.45) is 5.80. The molecule has 0 aromatic carbocycles. The number of hydrogen-bond acceptors (Lipinski definition) is 4. The predicted molar refractivity (Wildman–Crippen MR) is 61.3 cm³/mol. The molecule has 0 radical (unpaired) electrons. The lowest BCUT2D eigenvalue weighted by Gasteiger charge is -2.27. The molecule has 5 nitrogen and oxygen atoms in total. The molecule has 3 rings (SSSR count). The number of aromatic nitrogens is 4. The SMILES string of the molecule is OC(c1cn[nH]n1)C1CCCc2cccnc21. The van der Waals surface area contributed by atoms with E-state index in [1.807, 2.05) is 6.07 Å². The largest absolute Gasteiger partial charge is 0.386 e. The molecule has 0 saturated heterocycles. The van der Waals surface area contributed by atoms with Crippen LogP contribution in [0.1, 0.15) is 41.8 Å². The van der Waals surface area contributed by atoms with Crippen molar-refractivity contribution in [3.05, 3.63) is 41.5 Å². The number of H-pyrrole nitrogens is 1. The Hall–Kier alpha value is -1.75. The quantitative estimate of drug-likeness (QED) is 0.816. The van der Waals surface area contributed by atoms with E-state index in [9.17, 15) is 5.11 Å². The minimum Gasteiger partial charge on any atom is -0.386 e. The fourth-order valence-corrected chi connectivity index (χ4v) is 2.51. The molecule has 0 fully saturated rings. The van der Waals surface area contributed by atoms with Gasteiger partial charge < -0.3 is 5.11 Å². The second-order valence-electron chi connectivity index (χ2n) is 4.39. The number of rotatable bonds is 2. The summed E-state index contributed by atoms with van der Waals surface area (Å²) in [6, 6.07) is 4.04. The standard InChI is InChI=1S/C12H14N4O/c17-12(10-7-14-16-15-10)9-5-1-3-8-4-2-6-13-11(8)9/h2,4,6-7,9,12,17H,1,3,5H2,(H,14,15,16). The monoisotopic (exact) mass is 230 g/mol. The molecule has 0 spiro atoms. The van der Waals surface area contributed by atoms with Crippen LogP contribution in [0.3, 0.4) is 0 Å². The summed E-state index contributed by atoms with van der Waals surface area (Å²) in [5, 5.41) is 20.5. The average molecular weight is 230 g/mol. The van der Waals surface area contributed by atoms with Crippen LogP contribution in [0.4, 0.5) is 0 Å². The number of hydrogen-bond donors (Lipinski definition) is 2. The van der Waals surface area contributed by atoms with Crippen molar-refractivity contribution in [3.8, 4) is 0 Å². The first-order chi connectivity index (χ1) is 8.36. The first kappa shape index (κ1) is 10.4. The lowest BCUT2D eigenvalue weighted by atomic mass is 9.82. The minimum absolute atomic E-state index is 0.0325. The summed E-state index contributed by atoms with van der Waals surface area (Å²) in [4.78, 5) is 4.41. The highest BCUT2D eigenvalue weighted by Gasteiger charge is 2.29. The smallest absolute Gasteiger partial charge is 0.112 e.